The van der Waals surface area contributed by atoms with Crippen LogP contribution < -0.4 is 4.98 Å². The lowest BCUT2D eigenvalue weighted by Gasteiger charge is -2.22. The molecule has 0 amide bonds. The first-order chi connectivity index (χ1) is 8.94. The van der Waals surface area contributed by atoms with E-state index in [2.05, 4.69) is 41.9 Å². The Morgan fingerprint density at radius 2 is 1.89 bits per heavy atom. The summed E-state index contributed by atoms with van der Waals surface area (Å²) in [6.45, 7) is 8.73. The van der Waals surface area contributed by atoms with Crippen LogP contribution in [0.4, 0.5) is 0 Å². The van der Waals surface area contributed by atoms with E-state index in [0.717, 1.165) is 17.2 Å². The second kappa shape index (κ2) is 5.44. The van der Waals surface area contributed by atoms with Crippen LogP contribution in [0, 0.1) is 6.92 Å². The van der Waals surface area contributed by atoms with Crippen molar-refractivity contribution in [3.8, 4) is 0 Å². The number of nitrogens with zero attached hydrogens (tertiary/aromatic N) is 1. The minimum atomic E-state index is -1.43. The molecular formula is C15H20N2OSi. The third-order valence-corrected chi connectivity index (χ3v) is 3.55. The number of benzene rings is 1. The summed E-state index contributed by atoms with van der Waals surface area (Å²) in [5.74, 6) is 0.826. The zero-order valence-electron chi connectivity index (χ0n) is 11.9. The first-order valence-electron chi connectivity index (χ1n) is 6.43. The topological polar surface area (TPSA) is 38.1 Å². The first-order valence-corrected chi connectivity index (χ1v) is 9.93. The van der Waals surface area contributed by atoms with E-state index in [4.69, 9.17) is 4.52 Å². The van der Waals surface area contributed by atoms with Crippen molar-refractivity contribution in [1.82, 2.24) is 10.1 Å². The quantitative estimate of drug-likeness (QED) is 0.858. The summed E-state index contributed by atoms with van der Waals surface area (Å²) in [4.78, 5) is 3.65. The Kier molecular flexibility index (Phi) is 3.90. The summed E-state index contributed by atoms with van der Waals surface area (Å²) in [6.07, 6.45) is 2.05. The molecule has 1 heterocycles. The van der Waals surface area contributed by atoms with E-state index >= 15 is 0 Å². The highest BCUT2D eigenvalue weighted by Gasteiger charge is 2.15. The molecule has 1 N–H and O–H groups in total. The van der Waals surface area contributed by atoms with Gasteiger partial charge >= 0.3 is 0 Å². The van der Waals surface area contributed by atoms with E-state index in [-0.39, 0.29) is 0 Å². The molecule has 3 nitrogen and oxygen atoms in total. The second-order valence-electron chi connectivity index (χ2n) is 5.66. The Morgan fingerprint density at radius 1 is 1.21 bits per heavy atom. The van der Waals surface area contributed by atoms with Crippen molar-refractivity contribution < 1.29 is 4.52 Å². The van der Waals surface area contributed by atoms with Gasteiger partial charge in [0, 0.05) is 11.8 Å². The molecule has 0 aliphatic rings. The summed E-state index contributed by atoms with van der Waals surface area (Å²) >= 11 is 0. The maximum Gasteiger partial charge on any atom is 0.144 e. The largest absolute Gasteiger partial charge is 0.410 e. The summed E-state index contributed by atoms with van der Waals surface area (Å²) in [5.41, 5.74) is 3.13. The van der Waals surface area contributed by atoms with E-state index in [0.29, 0.717) is 0 Å². The van der Waals surface area contributed by atoms with E-state index < -0.39 is 8.24 Å². The molecule has 19 heavy (non-hydrogen) atoms. The Balaban J connectivity index is 2.37. The molecule has 0 unspecified atom stereocenters. The molecule has 4 heteroatoms. The number of aromatic nitrogens is 1. The monoisotopic (exact) mass is 272 g/mol. The second-order valence-corrected chi connectivity index (χ2v) is 10.4. The van der Waals surface area contributed by atoms with Gasteiger partial charge in [0.1, 0.15) is 19.7 Å². The van der Waals surface area contributed by atoms with Crippen molar-refractivity contribution in [1.29, 1.82) is 0 Å². The minimum Gasteiger partial charge on any atom is -0.410 e. The van der Waals surface area contributed by atoms with Crippen LogP contribution in [-0.4, -0.2) is 13.4 Å². The molecule has 0 radical (unpaired) electrons. The van der Waals surface area contributed by atoms with Crippen molar-refractivity contribution in [3.63, 3.8) is 0 Å². The van der Waals surface area contributed by atoms with Gasteiger partial charge in [-0.05, 0) is 18.6 Å². The van der Waals surface area contributed by atoms with Crippen LogP contribution in [-0.2, 0) is 0 Å². The number of hydrogen-bond acceptors (Lipinski definition) is 3. The Labute approximate surface area is 115 Å². The molecule has 0 fully saturated rings. The van der Waals surface area contributed by atoms with Crippen LogP contribution in [0.15, 0.2) is 40.9 Å². The summed E-state index contributed by atoms with van der Waals surface area (Å²) in [7, 11) is -1.43. The predicted molar refractivity (Wildman–Crippen MR) is 82.0 cm³/mol. The van der Waals surface area contributed by atoms with Crippen LogP contribution in [0.3, 0.4) is 0 Å². The highest BCUT2D eigenvalue weighted by molar-refractivity contribution is 6.74. The maximum atomic E-state index is 5.12. The number of hydrogen-bond donors (Lipinski definition) is 1. The third-order valence-electron chi connectivity index (χ3n) is 2.53. The van der Waals surface area contributed by atoms with Gasteiger partial charge in [-0.3, -0.25) is 0 Å². The average molecular weight is 272 g/mol. The van der Waals surface area contributed by atoms with Gasteiger partial charge in [-0.1, -0.05) is 55.1 Å². The highest BCUT2D eigenvalue weighted by atomic mass is 28.3. The Hall–Kier alpha value is -1.81. The van der Waals surface area contributed by atoms with Gasteiger partial charge < -0.3 is 9.51 Å². The number of rotatable bonds is 4. The molecule has 0 spiro atoms. The molecule has 0 saturated carbocycles. The van der Waals surface area contributed by atoms with E-state index in [9.17, 15) is 0 Å². The predicted octanol–water partition coefficient (Wildman–Crippen LogP) is 3.91. The van der Waals surface area contributed by atoms with Gasteiger partial charge in [-0.25, -0.2) is 0 Å². The molecule has 100 valence electrons. The summed E-state index contributed by atoms with van der Waals surface area (Å²) in [6, 6.07) is 12.3. The smallest absolute Gasteiger partial charge is 0.144 e. The van der Waals surface area contributed by atoms with Gasteiger partial charge in [0.25, 0.3) is 0 Å². The SMILES string of the molecule is Cc1cc(/C=C(\N[Si](C)(C)C)c2ccccc2)no1. The Morgan fingerprint density at radius 3 is 2.42 bits per heavy atom. The molecule has 1 aromatic carbocycles. The fraction of sp³-hybridized carbons (Fsp3) is 0.267. The number of nitrogens with one attached hydrogen (secondary N) is 1. The average Bonchev–Trinajstić information content (AvgIpc) is 2.73. The molecule has 2 aromatic rings. The molecule has 0 saturated heterocycles. The van der Waals surface area contributed by atoms with Crippen molar-refractivity contribution >= 4 is 20.0 Å². The van der Waals surface area contributed by atoms with Crippen molar-refractivity contribution in [2.75, 3.05) is 0 Å². The van der Waals surface area contributed by atoms with E-state index in [1.165, 1.54) is 5.56 Å². The molecule has 0 aliphatic heterocycles. The highest BCUT2D eigenvalue weighted by Crippen LogP contribution is 2.18. The third kappa shape index (κ3) is 4.10. The minimum absolute atomic E-state index is 0.826. The van der Waals surface area contributed by atoms with Gasteiger partial charge in [0.15, 0.2) is 0 Å². The van der Waals surface area contributed by atoms with Crippen LogP contribution in [0.2, 0.25) is 19.6 Å². The van der Waals surface area contributed by atoms with Crippen molar-refractivity contribution in [2.45, 2.75) is 26.6 Å². The standard InChI is InChI=1S/C15H20N2OSi/c1-12-10-14(16-18-12)11-15(17-19(2,3)4)13-8-6-5-7-9-13/h5-11,17H,1-4H3/b15-11-. The lowest BCUT2D eigenvalue weighted by molar-refractivity contribution is 0.396. The molecular weight excluding hydrogens is 252 g/mol. The van der Waals surface area contributed by atoms with Crippen molar-refractivity contribution in [2.24, 2.45) is 0 Å². The summed E-state index contributed by atoms with van der Waals surface area (Å²) < 4.78 is 5.12. The molecule has 0 bridgehead atoms. The zero-order chi connectivity index (χ0) is 13.9. The fourth-order valence-electron chi connectivity index (χ4n) is 1.81. The lowest BCUT2D eigenvalue weighted by Crippen LogP contribution is -2.39. The molecule has 0 aliphatic carbocycles. The number of aryl methyl sites for hydroxylation is 1. The molecule has 1 aromatic heterocycles. The van der Waals surface area contributed by atoms with Crippen LogP contribution >= 0.6 is 0 Å². The maximum absolute atomic E-state index is 5.12. The fourth-order valence-corrected chi connectivity index (χ4v) is 2.84. The van der Waals surface area contributed by atoms with Crippen LogP contribution in [0.1, 0.15) is 17.0 Å². The Bertz CT molecular complexity index is 567. The van der Waals surface area contributed by atoms with E-state index in [1.54, 1.807) is 0 Å². The van der Waals surface area contributed by atoms with Crippen LogP contribution in [0.5, 0.6) is 0 Å². The first kappa shape index (κ1) is 13.6. The normalized spacial score (nSPS) is 12.5. The van der Waals surface area contributed by atoms with Gasteiger partial charge in [-0.15, -0.1) is 0 Å². The molecule has 0 atom stereocenters. The summed E-state index contributed by atoms with van der Waals surface area (Å²) in [5, 5.41) is 4.04. The van der Waals surface area contributed by atoms with Gasteiger partial charge in [0.2, 0.25) is 0 Å². The van der Waals surface area contributed by atoms with Gasteiger partial charge in [0.05, 0.1) is 0 Å². The van der Waals surface area contributed by atoms with E-state index in [1.807, 2.05) is 37.3 Å². The van der Waals surface area contributed by atoms with Crippen molar-refractivity contribution in [3.05, 3.63) is 53.4 Å². The van der Waals surface area contributed by atoms with Crippen LogP contribution in [0.25, 0.3) is 11.8 Å². The van der Waals surface area contributed by atoms with Gasteiger partial charge in [-0.2, -0.15) is 0 Å². The zero-order valence-corrected chi connectivity index (χ0v) is 12.9. The molecule has 2 rings (SSSR count). The lowest BCUT2D eigenvalue weighted by atomic mass is 10.1.